The molecule has 1 atom stereocenters. The van der Waals surface area contributed by atoms with E-state index >= 15 is 0 Å². The zero-order chi connectivity index (χ0) is 13.7. The summed E-state index contributed by atoms with van der Waals surface area (Å²) in [4.78, 5) is 16.2. The SMILES string of the molecule is NCC(C(=O)Nc1ccncc1Br)c1ccccc1. The van der Waals surface area contributed by atoms with Crippen molar-refractivity contribution in [3.05, 3.63) is 58.8 Å². The number of hydrogen-bond acceptors (Lipinski definition) is 3. The number of benzene rings is 1. The molecule has 1 aromatic carbocycles. The number of nitrogens with zero attached hydrogens (tertiary/aromatic N) is 1. The van der Waals surface area contributed by atoms with Gasteiger partial charge in [-0.2, -0.15) is 0 Å². The van der Waals surface area contributed by atoms with Gasteiger partial charge in [-0.3, -0.25) is 9.78 Å². The van der Waals surface area contributed by atoms with Crippen molar-refractivity contribution in [1.29, 1.82) is 0 Å². The lowest BCUT2D eigenvalue weighted by Crippen LogP contribution is -2.27. The van der Waals surface area contributed by atoms with E-state index in [0.29, 0.717) is 5.69 Å². The maximum atomic E-state index is 12.3. The van der Waals surface area contributed by atoms with Crippen LogP contribution in [0.5, 0.6) is 0 Å². The van der Waals surface area contributed by atoms with Crippen LogP contribution in [0.1, 0.15) is 11.5 Å². The Hall–Kier alpha value is -1.72. The highest BCUT2D eigenvalue weighted by Crippen LogP contribution is 2.22. The summed E-state index contributed by atoms with van der Waals surface area (Å²) in [6, 6.07) is 11.2. The first-order valence-corrected chi connectivity index (χ1v) is 6.67. The van der Waals surface area contributed by atoms with Gasteiger partial charge >= 0.3 is 0 Å². The van der Waals surface area contributed by atoms with Crippen molar-refractivity contribution in [2.75, 3.05) is 11.9 Å². The number of carbonyl (C=O) groups excluding carboxylic acids is 1. The Balaban J connectivity index is 2.17. The Morgan fingerprint density at radius 3 is 2.68 bits per heavy atom. The minimum absolute atomic E-state index is 0.124. The van der Waals surface area contributed by atoms with E-state index in [1.165, 1.54) is 0 Å². The van der Waals surface area contributed by atoms with Gasteiger partial charge in [0.05, 0.1) is 16.1 Å². The molecule has 0 saturated heterocycles. The van der Waals surface area contributed by atoms with E-state index in [4.69, 9.17) is 5.73 Å². The Morgan fingerprint density at radius 2 is 2.05 bits per heavy atom. The number of nitrogens with one attached hydrogen (secondary N) is 1. The normalized spacial score (nSPS) is 11.9. The van der Waals surface area contributed by atoms with E-state index in [1.54, 1.807) is 18.5 Å². The van der Waals surface area contributed by atoms with Crippen molar-refractivity contribution in [3.63, 3.8) is 0 Å². The lowest BCUT2D eigenvalue weighted by Gasteiger charge is -2.15. The molecule has 0 fully saturated rings. The zero-order valence-corrected chi connectivity index (χ0v) is 11.8. The number of pyridine rings is 1. The molecule has 0 aliphatic rings. The van der Waals surface area contributed by atoms with Gasteiger partial charge in [-0.1, -0.05) is 30.3 Å². The van der Waals surface area contributed by atoms with Gasteiger partial charge < -0.3 is 11.1 Å². The first-order valence-electron chi connectivity index (χ1n) is 5.87. The van der Waals surface area contributed by atoms with Crippen LogP contribution >= 0.6 is 15.9 Å². The van der Waals surface area contributed by atoms with Crippen LogP contribution in [0.4, 0.5) is 5.69 Å². The standard InChI is InChI=1S/C14H14BrN3O/c15-12-9-17-7-6-13(12)18-14(19)11(8-16)10-4-2-1-3-5-10/h1-7,9,11H,8,16H2,(H,17,18,19). The summed E-state index contributed by atoms with van der Waals surface area (Å²) in [5.74, 6) is -0.484. The van der Waals surface area contributed by atoms with Crippen LogP contribution in [-0.4, -0.2) is 17.4 Å². The molecule has 1 unspecified atom stereocenters. The van der Waals surface area contributed by atoms with Gasteiger partial charge in [0, 0.05) is 18.9 Å². The Bertz CT molecular complexity index is 560. The highest BCUT2D eigenvalue weighted by molar-refractivity contribution is 9.10. The molecule has 2 rings (SSSR count). The number of halogens is 1. The molecular weight excluding hydrogens is 306 g/mol. The van der Waals surface area contributed by atoms with Crippen molar-refractivity contribution in [3.8, 4) is 0 Å². The fraction of sp³-hybridized carbons (Fsp3) is 0.143. The van der Waals surface area contributed by atoms with Crippen molar-refractivity contribution in [2.24, 2.45) is 5.73 Å². The average Bonchev–Trinajstić information content (AvgIpc) is 2.43. The minimum Gasteiger partial charge on any atom is -0.329 e. The van der Waals surface area contributed by atoms with Crippen LogP contribution in [0, 0.1) is 0 Å². The minimum atomic E-state index is -0.360. The van der Waals surface area contributed by atoms with E-state index in [0.717, 1.165) is 10.0 Å². The van der Waals surface area contributed by atoms with Gasteiger partial charge in [-0.05, 0) is 27.6 Å². The Labute approximate surface area is 120 Å². The second kappa shape index (κ2) is 6.45. The predicted molar refractivity (Wildman–Crippen MR) is 78.8 cm³/mol. The highest BCUT2D eigenvalue weighted by Gasteiger charge is 2.19. The largest absolute Gasteiger partial charge is 0.329 e. The number of carbonyl (C=O) groups is 1. The average molecular weight is 320 g/mol. The van der Waals surface area contributed by atoms with Crippen LogP contribution in [0.15, 0.2) is 53.3 Å². The molecule has 0 aliphatic heterocycles. The summed E-state index contributed by atoms with van der Waals surface area (Å²) in [5, 5.41) is 2.85. The third-order valence-electron chi connectivity index (χ3n) is 2.78. The number of hydrogen-bond donors (Lipinski definition) is 2. The monoisotopic (exact) mass is 319 g/mol. The molecule has 0 saturated carbocycles. The van der Waals surface area contributed by atoms with Crippen molar-refractivity contribution < 1.29 is 4.79 Å². The molecule has 3 N–H and O–H groups in total. The summed E-state index contributed by atoms with van der Waals surface area (Å²) < 4.78 is 0.743. The maximum absolute atomic E-state index is 12.3. The molecule has 98 valence electrons. The van der Waals surface area contributed by atoms with Gasteiger partial charge in [-0.15, -0.1) is 0 Å². The first kappa shape index (κ1) is 13.7. The highest BCUT2D eigenvalue weighted by atomic mass is 79.9. The molecule has 0 spiro atoms. The van der Waals surface area contributed by atoms with Gasteiger partial charge in [0.15, 0.2) is 0 Å². The first-order chi connectivity index (χ1) is 9.22. The third-order valence-corrected chi connectivity index (χ3v) is 3.42. The smallest absolute Gasteiger partial charge is 0.233 e. The molecule has 19 heavy (non-hydrogen) atoms. The number of aromatic nitrogens is 1. The third kappa shape index (κ3) is 3.39. The van der Waals surface area contributed by atoms with E-state index in [2.05, 4.69) is 26.2 Å². The molecule has 5 heteroatoms. The Kier molecular flexibility index (Phi) is 4.65. The van der Waals surface area contributed by atoms with Gasteiger partial charge in [-0.25, -0.2) is 0 Å². The molecular formula is C14H14BrN3O. The van der Waals surface area contributed by atoms with Crippen LogP contribution in [0.3, 0.4) is 0 Å². The second-order valence-electron chi connectivity index (χ2n) is 4.04. The molecule has 2 aromatic rings. The summed E-state index contributed by atoms with van der Waals surface area (Å²) >= 11 is 3.34. The number of anilines is 1. The van der Waals surface area contributed by atoms with E-state index in [-0.39, 0.29) is 18.4 Å². The van der Waals surface area contributed by atoms with Crippen molar-refractivity contribution in [1.82, 2.24) is 4.98 Å². The maximum Gasteiger partial charge on any atom is 0.233 e. The summed E-state index contributed by atoms with van der Waals surface area (Å²) in [7, 11) is 0. The quantitative estimate of drug-likeness (QED) is 0.909. The second-order valence-corrected chi connectivity index (χ2v) is 4.90. The zero-order valence-electron chi connectivity index (χ0n) is 10.2. The molecule has 1 aromatic heterocycles. The fourth-order valence-corrected chi connectivity index (χ4v) is 2.13. The number of amides is 1. The molecule has 1 amide bonds. The topological polar surface area (TPSA) is 68.0 Å². The van der Waals surface area contributed by atoms with Gasteiger partial charge in [0.2, 0.25) is 5.91 Å². The molecule has 4 nitrogen and oxygen atoms in total. The van der Waals surface area contributed by atoms with Crippen molar-refractivity contribution >= 4 is 27.5 Å². The number of nitrogens with two attached hydrogens (primary N) is 1. The summed E-state index contributed by atoms with van der Waals surface area (Å²) in [6.45, 7) is 0.262. The molecule has 1 heterocycles. The fourth-order valence-electron chi connectivity index (χ4n) is 1.78. The van der Waals surface area contributed by atoms with Gasteiger partial charge in [0.1, 0.15) is 0 Å². The van der Waals surface area contributed by atoms with Gasteiger partial charge in [0.25, 0.3) is 0 Å². The lowest BCUT2D eigenvalue weighted by molar-refractivity contribution is -0.117. The Morgan fingerprint density at radius 1 is 1.32 bits per heavy atom. The summed E-state index contributed by atoms with van der Waals surface area (Å²) in [5.41, 5.74) is 7.31. The van der Waals surface area contributed by atoms with E-state index < -0.39 is 0 Å². The molecule has 0 radical (unpaired) electrons. The molecule has 0 aliphatic carbocycles. The number of rotatable bonds is 4. The van der Waals surface area contributed by atoms with Crippen LogP contribution in [-0.2, 0) is 4.79 Å². The van der Waals surface area contributed by atoms with E-state index in [1.807, 2.05) is 30.3 Å². The predicted octanol–water partition coefficient (Wildman–Crippen LogP) is 2.53. The molecule has 0 bridgehead atoms. The lowest BCUT2D eigenvalue weighted by atomic mass is 9.98. The van der Waals surface area contributed by atoms with Crippen LogP contribution in [0.2, 0.25) is 0 Å². The summed E-state index contributed by atoms with van der Waals surface area (Å²) in [6.07, 6.45) is 3.26. The van der Waals surface area contributed by atoms with Crippen LogP contribution in [0.25, 0.3) is 0 Å². The van der Waals surface area contributed by atoms with Crippen LogP contribution < -0.4 is 11.1 Å². The van der Waals surface area contributed by atoms with Crippen molar-refractivity contribution in [2.45, 2.75) is 5.92 Å². The van der Waals surface area contributed by atoms with E-state index in [9.17, 15) is 4.79 Å².